The summed E-state index contributed by atoms with van der Waals surface area (Å²) in [5, 5.41) is 4.64. The van der Waals surface area contributed by atoms with Crippen molar-refractivity contribution in [2.45, 2.75) is 44.2 Å². The van der Waals surface area contributed by atoms with Crippen LogP contribution in [0.4, 0.5) is 10.5 Å². The van der Waals surface area contributed by atoms with Gasteiger partial charge in [0.15, 0.2) is 5.76 Å². The average Bonchev–Trinajstić information content (AvgIpc) is 3.35. The SMILES string of the molecule is O=C1N(c2ccc(Cl)nc2)CC2(CCCCC2)N1Cc1cc(-c2ccccc2)no1. The Hall–Kier alpha value is -2.86. The second kappa shape index (κ2) is 7.76. The molecule has 5 rings (SSSR count). The highest BCUT2D eigenvalue weighted by Gasteiger charge is 2.50. The van der Waals surface area contributed by atoms with Gasteiger partial charge in [0.25, 0.3) is 0 Å². The molecule has 154 valence electrons. The first-order chi connectivity index (χ1) is 14.6. The second-order valence-corrected chi connectivity index (χ2v) is 8.51. The number of hydrogen-bond acceptors (Lipinski definition) is 4. The van der Waals surface area contributed by atoms with Crippen LogP contribution >= 0.6 is 11.6 Å². The van der Waals surface area contributed by atoms with Crippen molar-refractivity contribution in [1.29, 1.82) is 0 Å². The van der Waals surface area contributed by atoms with Gasteiger partial charge in [-0.15, -0.1) is 0 Å². The molecule has 1 spiro atoms. The smallest absolute Gasteiger partial charge is 0.325 e. The van der Waals surface area contributed by atoms with Crippen LogP contribution in [0.3, 0.4) is 0 Å². The number of aromatic nitrogens is 2. The molecule has 3 aromatic rings. The fourth-order valence-corrected chi connectivity index (χ4v) is 4.80. The number of benzene rings is 1. The molecule has 1 aromatic carbocycles. The zero-order chi connectivity index (χ0) is 20.6. The minimum absolute atomic E-state index is 0.0151. The Morgan fingerprint density at radius 1 is 1.07 bits per heavy atom. The summed E-state index contributed by atoms with van der Waals surface area (Å²) in [4.78, 5) is 21.4. The van der Waals surface area contributed by atoms with Crippen LogP contribution < -0.4 is 4.90 Å². The van der Waals surface area contributed by atoms with Gasteiger partial charge < -0.3 is 9.42 Å². The van der Waals surface area contributed by atoms with Gasteiger partial charge in [-0.3, -0.25) is 4.90 Å². The van der Waals surface area contributed by atoms with Gasteiger partial charge in [0.1, 0.15) is 10.8 Å². The summed E-state index contributed by atoms with van der Waals surface area (Å²) in [6.07, 6.45) is 7.13. The predicted molar refractivity (Wildman–Crippen MR) is 115 cm³/mol. The largest absolute Gasteiger partial charge is 0.359 e. The van der Waals surface area contributed by atoms with Gasteiger partial charge >= 0.3 is 6.03 Å². The van der Waals surface area contributed by atoms with Crippen LogP contribution in [0.15, 0.2) is 59.3 Å². The highest BCUT2D eigenvalue weighted by molar-refractivity contribution is 6.29. The normalized spacial score (nSPS) is 18.4. The lowest BCUT2D eigenvalue weighted by molar-refractivity contribution is 0.105. The monoisotopic (exact) mass is 422 g/mol. The molecule has 1 saturated heterocycles. The predicted octanol–water partition coefficient (Wildman–Crippen LogP) is 5.54. The van der Waals surface area contributed by atoms with E-state index in [4.69, 9.17) is 16.1 Å². The number of halogens is 1. The van der Waals surface area contributed by atoms with Crippen molar-refractivity contribution in [3.8, 4) is 11.3 Å². The molecule has 2 aromatic heterocycles. The highest BCUT2D eigenvalue weighted by Crippen LogP contribution is 2.42. The van der Waals surface area contributed by atoms with Crippen LogP contribution in [0.25, 0.3) is 11.3 Å². The van der Waals surface area contributed by atoms with Crippen LogP contribution in [0.2, 0.25) is 5.15 Å². The van der Waals surface area contributed by atoms with E-state index in [-0.39, 0.29) is 11.6 Å². The molecule has 0 atom stereocenters. The topological polar surface area (TPSA) is 62.5 Å². The standard InChI is InChI=1S/C23H23ClN4O2/c24-21-10-9-18(14-25-21)27-16-23(11-5-2-6-12-23)28(22(27)29)15-19-13-20(26-30-19)17-7-3-1-4-8-17/h1,3-4,7-10,13-14H,2,5-6,11-12,15-16H2. The first-order valence-corrected chi connectivity index (χ1v) is 10.7. The molecular weight excluding hydrogens is 400 g/mol. The summed E-state index contributed by atoms with van der Waals surface area (Å²) in [7, 11) is 0. The van der Waals surface area contributed by atoms with Crippen LogP contribution in [0.5, 0.6) is 0 Å². The van der Waals surface area contributed by atoms with E-state index in [1.54, 1.807) is 12.3 Å². The van der Waals surface area contributed by atoms with Gasteiger partial charge in [-0.25, -0.2) is 9.78 Å². The number of amides is 2. The van der Waals surface area contributed by atoms with Crippen molar-refractivity contribution >= 4 is 23.3 Å². The number of nitrogens with zero attached hydrogens (tertiary/aromatic N) is 4. The average molecular weight is 423 g/mol. The van der Waals surface area contributed by atoms with E-state index in [9.17, 15) is 4.79 Å². The van der Waals surface area contributed by atoms with Gasteiger partial charge in [-0.05, 0) is 25.0 Å². The summed E-state index contributed by atoms with van der Waals surface area (Å²) in [6.45, 7) is 1.07. The van der Waals surface area contributed by atoms with Gasteiger partial charge in [-0.1, -0.05) is 66.4 Å². The number of rotatable bonds is 4. The Balaban J connectivity index is 1.44. The zero-order valence-electron chi connectivity index (χ0n) is 16.6. The summed E-state index contributed by atoms with van der Waals surface area (Å²) < 4.78 is 5.63. The highest BCUT2D eigenvalue weighted by atomic mass is 35.5. The molecule has 2 aliphatic rings. The van der Waals surface area contributed by atoms with Gasteiger partial charge in [-0.2, -0.15) is 0 Å². The Morgan fingerprint density at radius 3 is 2.60 bits per heavy atom. The van der Waals surface area contributed by atoms with Gasteiger partial charge in [0.05, 0.1) is 30.5 Å². The Morgan fingerprint density at radius 2 is 1.87 bits per heavy atom. The molecule has 0 bridgehead atoms. The Labute approximate surface area is 180 Å². The van der Waals surface area contributed by atoms with Crippen LogP contribution in [0.1, 0.15) is 37.9 Å². The van der Waals surface area contributed by atoms with Gasteiger partial charge in [0, 0.05) is 11.6 Å². The van der Waals surface area contributed by atoms with Crippen molar-refractivity contribution in [3.05, 3.63) is 65.6 Å². The third-order valence-electron chi connectivity index (χ3n) is 6.24. The Kier molecular flexibility index (Phi) is 4.95. The van der Waals surface area contributed by atoms with Crippen LogP contribution in [-0.4, -0.2) is 33.2 Å². The number of urea groups is 1. The van der Waals surface area contributed by atoms with Gasteiger partial charge in [0.2, 0.25) is 0 Å². The minimum Gasteiger partial charge on any atom is -0.359 e. The molecule has 1 aliphatic carbocycles. The van der Waals surface area contributed by atoms with E-state index in [1.165, 1.54) is 6.42 Å². The van der Waals surface area contributed by atoms with Crippen molar-refractivity contribution in [2.75, 3.05) is 11.4 Å². The maximum absolute atomic E-state index is 13.5. The maximum atomic E-state index is 13.5. The first-order valence-electron chi connectivity index (χ1n) is 10.4. The number of hydrogen-bond donors (Lipinski definition) is 0. The number of anilines is 1. The quantitative estimate of drug-likeness (QED) is 0.518. The third-order valence-corrected chi connectivity index (χ3v) is 6.46. The molecule has 7 heteroatoms. The number of carbonyl (C=O) groups excluding carboxylic acids is 1. The van der Waals surface area contributed by atoms with Crippen molar-refractivity contribution < 1.29 is 9.32 Å². The van der Waals surface area contributed by atoms with Crippen LogP contribution in [0, 0.1) is 0 Å². The van der Waals surface area contributed by atoms with Crippen LogP contribution in [-0.2, 0) is 6.54 Å². The van der Waals surface area contributed by atoms with E-state index in [0.29, 0.717) is 24.0 Å². The number of carbonyl (C=O) groups is 1. The summed E-state index contributed by atoms with van der Waals surface area (Å²) in [6, 6.07) is 15.4. The molecule has 0 N–H and O–H groups in total. The summed E-state index contributed by atoms with van der Waals surface area (Å²) >= 11 is 5.94. The molecule has 3 heterocycles. The fraction of sp³-hybridized carbons (Fsp3) is 0.348. The summed E-state index contributed by atoms with van der Waals surface area (Å²) in [5.41, 5.74) is 2.38. The fourth-order valence-electron chi connectivity index (χ4n) is 4.69. The van der Waals surface area contributed by atoms with E-state index in [1.807, 2.05) is 52.3 Å². The second-order valence-electron chi connectivity index (χ2n) is 8.12. The van der Waals surface area contributed by atoms with Crippen molar-refractivity contribution in [3.63, 3.8) is 0 Å². The van der Waals surface area contributed by atoms with E-state index >= 15 is 0 Å². The van der Waals surface area contributed by atoms with E-state index < -0.39 is 0 Å². The molecule has 0 unspecified atom stereocenters. The summed E-state index contributed by atoms with van der Waals surface area (Å²) in [5.74, 6) is 0.697. The lowest BCUT2D eigenvalue weighted by atomic mass is 9.81. The molecular formula is C23H23ClN4O2. The zero-order valence-corrected chi connectivity index (χ0v) is 17.4. The lowest BCUT2D eigenvalue weighted by Crippen LogP contribution is -2.47. The van der Waals surface area contributed by atoms with E-state index in [0.717, 1.165) is 42.6 Å². The molecule has 2 fully saturated rings. The molecule has 2 amide bonds. The van der Waals surface area contributed by atoms with Crippen molar-refractivity contribution in [1.82, 2.24) is 15.0 Å². The maximum Gasteiger partial charge on any atom is 0.325 e. The third kappa shape index (κ3) is 3.45. The first kappa shape index (κ1) is 19.1. The molecule has 0 radical (unpaired) electrons. The number of pyridine rings is 1. The minimum atomic E-state index is -0.186. The molecule has 1 saturated carbocycles. The molecule has 6 nitrogen and oxygen atoms in total. The van der Waals surface area contributed by atoms with Crippen molar-refractivity contribution in [2.24, 2.45) is 0 Å². The lowest BCUT2D eigenvalue weighted by Gasteiger charge is -2.39. The Bertz CT molecular complexity index is 1030. The molecule has 1 aliphatic heterocycles. The molecule has 30 heavy (non-hydrogen) atoms. The van der Waals surface area contributed by atoms with E-state index in [2.05, 4.69) is 10.1 Å².